The lowest BCUT2D eigenvalue weighted by Gasteiger charge is -2.08. The van der Waals surface area contributed by atoms with Crippen LogP contribution in [0, 0.1) is 0 Å². The van der Waals surface area contributed by atoms with E-state index in [-0.39, 0.29) is 0 Å². The molecular weight excluding hydrogens is 216 g/mol. The molecule has 0 radical (unpaired) electrons. The maximum atomic E-state index is 5.75. The van der Waals surface area contributed by atoms with Gasteiger partial charge < -0.3 is 15.2 Å². The van der Waals surface area contributed by atoms with E-state index in [2.05, 4.69) is 4.98 Å². The van der Waals surface area contributed by atoms with Gasteiger partial charge in [-0.2, -0.15) is 0 Å². The highest BCUT2D eigenvalue weighted by Gasteiger charge is 2.03. The number of nitrogens with two attached hydrogens (primary N) is 1. The van der Waals surface area contributed by atoms with Gasteiger partial charge in [0.15, 0.2) is 0 Å². The first-order valence-electron chi connectivity index (χ1n) is 5.41. The van der Waals surface area contributed by atoms with Gasteiger partial charge in [0.05, 0.1) is 12.3 Å². The Balaban J connectivity index is 2.18. The average molecular weight is 230 g/mol. The smallest absolute Gasteiger partial charge is 0.242 e. The minimum absolute atomic E-state index is 0.404. The first-order valence-corrected chi connectivity index (χ1v) is 5.41. The van der Waals surface area contributed by atoms with Crippen molar-refractivity contribution in [1.29, 1.82) is 0 Å². The molecule has 4 nitrogen and oxygen atoms in total. The van der Waals surface area contributed by atoms with Gasteiger partial charge in [-0.3, -0.25) is 0 Å². The van der Waals surface area contributed by atoms with Crippen LogP contribution in [-0.2, 0) is 0 Å². The molecule has 0 saturated carbocycles. The molecule has 88 valence electrons. The monoisotopic (exact) mass is 230 g/mol. The van der Waals surface area contributed by atoms with E-state index in [1.54, 1.807) is 24.4 Å². The summed E-state index contributed by atoms with van der Waals surface area (Å²) in [7, 11) is 0. The Morgan fingerprint density at radius 2 is 2.00 bits per heavy atom. The van der Waals surface area contributed by atoms with Crippen LogP contribution in [0.25, 0.3) is 0 Å². The molecule has 1 heterocycles. The predicted molar refractivity (Wildman–Crippen MR) is 66.3 cm³/mol. The Kier molecular flexibility index (Phi) is 3.45. The normalized spacial score (nSPS) is 9.94. The van der Waals surface area contributed by atoms with Gasteiger partial charge in [0.2, 0.25) is 5.88 Å². The third-order valence-electron chi connectivity index (χ3n) is 2.13. The molecule has 4 heteroatoms. The number of anilines is 1. The maximum absolute atomic E-state index is 5.75. The van der Waals surface area contributed by atoms with Gasteiger partial charge in [-0.05, 0) is 31.2 Å². The molecule has 0 aliphatic heterocycles. The molecule has 17 heavy (non-hydrogen) atoms. The molecule has 0 atom stereocenters. The van der Waals surface area contributed by atoms with Crippen LogP contribution in [-0.4, -0.2) is 11.6 Å². The zero-order chi connectivity index (χ0) is 12.1. The lowest BCUT2D eigenvalue weighted by molar-refractivity contribution is 0.338. The zero-order valence-electron chi connectivity index (χ0n) is 9.59. The fourth-order valence-electron chi connectivity index (χ4n) is 1.39. The number of rotatable bonds is 4. The number of ether oxygens (including phenoxy) is 2. The minimum atomic E-state index is 0.404. The van der Waals surface area contributed by atoms with Gasteiger partial charge in [0.1, 0.15) is 11.5 Å². The van der Waals surface area contributed by atoms with Gasteiger partial charge in [-0.25, -0.2) is 4.98 Å². The van der Waals surface area contributed by atoms with Crippen molar-refractivity contribution >= 4 is 5.69 Å². The van der Waals surface area contributed by atoms with Crippen molar-refractivity contribution in [1.82, 2.24) is 4.98 Å². The van der Waals surface area contributed by atoms with E-state index in [1.807, 2.05) is 25.1 Å². The van der Waals surface area contributed by atoms with Gasteiger partial charge in [0.25, 0.3) is 0 Å². The van der Waals surface area contributed by atoms with Crippen molar-refractivity contribution in [2.75, 3.05) is 12.3 Å². The number of aromatic nitrogens is 1. The Hall–Kier alpha value is -2.23. The van der Waals surface area contributed by atoms with Crippen LogP contribution < -0.4 is 15.2 Å². The van der Waals surface area contributed by atoms with Crippen LogP contribution in [0.3, 0.4) is 0 Å². The second kappa shape index (κ2) is 5.21. The van der Waals surface area contributed by atoms with Crippen LogP contribution in [0.4, 0.5) is 5.69 Å². The van der Waals surface area contributed by atoms with Crippen molar-refractivity contribution in [2.45, 2.75) is 6.92 Å². The molecule has 1 aromatic heterocycles. The summed E-state index contributed by atoms with van der Waals surface area (Å²) in [5, 5.41) is 0. The number of hydrogen-bond acceptors (Lipinski definition) is 4. The third kappa shape index (κ3) is 2.87. The molecule has 0 spiro atoms. The standard InChI is InChI=1S/C13H14N2O2/c1-2-16-10-5-3-6-11(9-10)17-13-12(14)7-4-8-15-13/h3-9H,2,14H2,1H3. The Labute approximate surface area is 100 Å². The fraction of sp³-hybridized carbons (Fsp3) is 0.154. The molecule has 0 amide bonds. The van der Waals surface area contributed by atoms with E-state index in [4.69, 9.17) is 15.2 Å². The SMILES string of the molecule is CCOc1cccc(Oc2ncccc2N)c1. The van der Waals surface area contributed by atoms with Crippen molar-refractivity contribution in [2.24, 2.45) is 0 Å². The van der Waals surface area contributed by atoms with Crippen molar-refractivity contribution in [3.05, 3.63) is 42.6 Å². The highest BCUT2D eigenvalue weighted by Crippen LogP contribution is 2.27. The van der Waals surface area contributed by atoms with E-state index in [0.717, 1.165) is 5.75 Å². The van der Waals surface area contributed by atoms with Crippen molar-refractivity contribution < 1.29 is 9.47 Å². The molecule has 2 N–H and O–H groups in total. The molecule has 0 saturated heterocycles. The molecule has 1 aromatic carbocycles. The van der Waals surface area contributed by atoms with Crippen LogP contribution in [0.2, 0.25) is 0 Å². The summed E-state index contributed by atoms with van der Waals surface area (Å²) in [6, 6.07) is 10.9. The first-order chi connectivity index (χ1) is 8.29. The predicted octanol–water partition coefficient (Wildman–Crippen LogP) is 2.85. The fourth-order valence-corrected chi connectivity index (χ4v) is 1.39. The van der Waals surface area contributed by atoms with E-state index >= 15 is 0 Å². The lowest BCUT2D eigenvalue weighted by Crippen LogP contribution is -1.95. The number of benzene rings is 1. The molecule has 2 aromatic rings. The Bertz CT molecular complexity index is 500. The largest absolute Gasteiger partial charge is 0.494 e. The summed E-state index contributed by atoms with van der Waals surface area (Å²) in [6.45, 7) is 2.56. The van der Waals surface area contributed by atoms with E-state index in [1.165, 1.54) is 0 Å². The summed E-state index contributed by atoms with van der Waals surface area (Å²) in [5.74, 6) is 1.82. The van der Waals surface area contributed by atoms with Crippen molar-refractivity contribution in [3.63, 3.8) is 0 Å². The quantitative estimate of drug-likeness (QED) is 0.877. The van der Waals surface area contributed by atoms with Crippen LogP contribution in [0.5, 0.6) is 17.4 Å². The molecular formula is C13H14N2O2. The zero-order valence-corrected chi connectivity index (χ0v) is 9.59. The Morgan fingerprint density at radius 1 is 1.18 bits per heavy atom. The lowest BCUT2D eigenvalue weighted by atomic mass is 10.3. The topological polar surface area (TPSA) is 57.4 Å². The number of hydrogen-bond donors (Lipinski definition) is 1. The maximum Gasteiger partial charge on any atom is 0.242 e. The number of nitrogens with zero attached hydrogens (tertiary/aromatic N) is 1. The van der Waals surface area contributed by atoms with Crippen molar-refractivity contribution in [3.8, 4) is 17.4 Å². The van der Waals surface area contributed by atoms with Crippen LogP contribution in [0.1, 0.15) is 6.92 Å². The molecule has 0 fully saturated rings. The number of nitrogen functional groups attached to an aromatic ring is 1. The van der Waals surface area contributed by atoms with E-state index in [9.17, 15) is 0 Å². The van der Waals surface area contributed by atoms with Gasteiger partial charge in [-0.15, -0.1) is 0 Å². The number of pyridine rings is 1. The summed E-state index contributed by atoms with van der Waals surface area (Å²) in [4.78, 5) is 4.06. The van der Waals surface area contributed by atoms with Gasteiger partial charge >= 0.3 is 0 Å². The minimum Gasteiger partial charge on any atom is -0.494 e. The second-order valence-corrected chi connectivity index (χ2v) is 3.41. The third-order valence-corrected chi connectivity index (χ3v) is 2.13. The summed E-state index contributed by atoms with van der Waals surface area (Å²) < 4.78 is 11.0. The van der Waals surface area contributed by atoms with E-state index < -0.39 is 0 Å². The van der Waals surface area contributed by atoms with E-state index in [0.29, 0.717) is 23.9 Å². The first kappa shape index (κ1) is 11.3. The highest BCUT2D eigenvalue weighted by atomic mass is 16.5. The summed E-state index contributed by atoms with van der Waals surface area (Å²) in [6.07, 6.45) is 1.64. The van der Waals surface area contributed by atoms with Crippen LogP contribution >= 0.6 is 0 Å². The molecule has 2 rings (SSSR count). The van der Waals surface area contributed by atoms with Gasteiger partial charge in [0, 0.05) is 12.3 Å². The highest BCUT2D eigenvalue weighted by molar-refractivity contribution is 5.49. The Morgan fingerprint density at radius 3 is 2.76 bits per heavy atom. The molecule has 0 aliphatic rings. The second-order valence-electron chi connectivity index (χ2n) is 3.41. The molecule has 0 aliphatic carbocycles. The van der Waals surface area contributed by atoms with Gasteiger partial charge in [-0.1, -0.05) is 6.07 Å². The summed E-state index contributed by atoms with van der Waals surface area (Å²) in [5.41, 5.74) is 6.25. The average Bonchev–Trinajstić information content (AvgIpc) is 2.33. The molecule has 0 bridgehead atoms. The van der Waals surface area contributed by atoms with Crippen LogP contribution in [0.15, 0.2) is 42.6 Å². The molecule has 0 unspecified atom stereocenters. The summed E-state index contributed by atoms with van der Waals surface area (Å²) >= 11 is 0.